The Morgan fingerprint density at radius 2 is 2.44 bits per heavy atom. The third kappa shape index (κ3) is 2.69. The van der Waals surface area contributed by atoms with Gasteiger partial charge in [0.05, 0.1) is 18.4 Å². The second kappa shape index (κ2) is 4.93. The summed E-state index contributed by atoms with van der Waals surface area (Å²) >= 11 is 1.39. The quantitative estimate of drug-likeness (QED) is 0.811. The van der Waals surface area contributed by atoms with Crippen LogP contribution in [0.25, 0.3) is 0 Å². The van der Waals surface area contributed by atoms with Crippen LogP contribution in [0.3, 0.4) is 0 Å². The number of aromatic nitrogens is 4. The molecule has 2 aromatic heterocycles. The smallest absolute Gasteiger partial charge is 0.202 e. The zero-order valence-electron chi connectivity index (χ0n) is 9.05. The summed E-state index contributed by atoms with van der Waals surface area (Å²) in [6, 6.07) is 0. The van der Waals surface area contributed by atoms with Crippen LogP contribution >= 0.6 is 11.5 Å². The van der Waals surface area contributed by atoms with Crippen molar-refractivity contribution >= 4 is 22.4 Å². The molecule has 0 fully saturated rings. The van der Waals surface area contributed by atoms with Gasteiger partial charge in [-0.3, -0.25) is 4.68 Å². The molecule has 0 radical (unpaired) electrons. The van der Waals surface area contributed by atoms with E-state index in [4.69, 9.17) is 5.73 Å². The number of hydrogen-bond donors (Lipinski definition) is 2. The van der Waals surface area contributed by atoms with Crippen molar-refractivity contribution in [2.24, 2.45) is 0 Å². The predicted octanol–water partition coefficient (Wildman–Crippen LogP) is 0.991. The Morgan fingerprint density at radius 1 is 1.56 bits per heavy atom. The number of hydrogen-bond acceptors (Lipinski definition) is 6. The normalized spacial score (nSPS) is 10.6. The Hall–Kier alpha value is -1.63. The first-order chi connectivity index (χ1) is 7.78. The highest BCUT2D eigenvalue weighted by Crippen LogP contribution is 2.10. The second-order valence-electron chi connectivity index (χ2n) is 3.33. The second-order valence-corrected chi connectivity index (χ2v) is 4.08. The third-order valence-corrected chi connectivity index (χ3v) is 2.77. The highest BCUT2D eigenvalue weighted by molar-refractivity contribution is 7.09. The summed E-state index contributed by atoms with van der Waals surface area (Å²) < 4.78 is 5.99. The van der Waals surface area contributed by atoms with E-state index in [1.165, 1.54) is 11.5 Å². The van der Waals surface area contributed by atoms with Crippen LogP contribution in [-0.2, 0) is 13.0 Å². The molecule has 0 saturated heterocycles. The molecule has 0 aliphatic carbocycles. The fraction of sp³-hybridized carbons (Fsp3) is 0.444. The number of nitrogens with two attached hydrogens (primary N) is 1. The molecule has 2 heterocycles. The van der Waals surface area contributed by atoms with Gasteiger partial charge in [0.15, 0.2) is 0 Å². The first-order valence-electron chi connectivity index (χ1n) is 5.12. The van der Waals surface area contributed by atoms with E-state index in [1.807, 2.05) is 6.92 Å². The van der Waals surface area contributed by atoms with Gasteiger partial charge >= 0.3 is 0 Å². The van der Waals surface area contributed by atoms with Crippen molar-refractivity contribution in [1.29, 1.82) is 0 Å². The SMILES string of the molecule is CCc1nsc(NCCn2cc(N)cn2)n1. The molecule has 0 aliphatic heterocycles. The Kier molecular flexibility index (Phi) is 3.35. The summed E-state index contributed by atoms with van der Waals surface area (Å²) in [5, 5.41) is 8.15. The van der Waals surface area contributed by atoms with Gasteiger partial charge in [0.1, 0.15) is 5.82 Å². The number of nitrogen functional groups attached to an aromatic ring is 1. The highest BCUT2D eigenvalue weighted by Gasteiger charge is 2.01. The molecule has 0 saturated carbocycles. The van der Waals surface area contributed by atoms with Crippen molar-refractivity contribution in [1.82, 2.24) is 19.1 Å². The molecule has 2 aromatic rings. The molecule has 0 amide bonds. The molecular weight excluding hydrogens is 224 g/mol. The summed E-state index contributed by atoms with van der Waals surface area (Å²) in [6.45, 7) is 3.57. The monoisotopic (exact) mass is 238 g/mol. The lowest BCUT2D eigenvalue weighted by molar-refractivity contribution is 0.638. The summed E-state index contributed by atoms with van der Waals surface area (Å²) in [5.74, 6) is 0.885. The average molecular weight is 238 g/mol. The molecule has 6 nitrogen and oxygen atoms in total. The lowest BCUT2D eigenvalue weighted by atomic mass is 10.5. The van der Waals surface area contributed by atoms with Crippen molar-refractivity contribution in [3.63, 3.8) is 0 Å². The van der Waals surface area contributed by atoms with E-state index in [0.29, 0.717) is 5.69 Å². The van der Waals surface area contributed by atoms with Crippen molar-refractivity contribution in [3.05, 3.63) is 18.2 Å². The van der Waals surface area contributed by atoms with E-state index in [-0.39, 0.29) is 0 Å². The fourth-order valence-corrected chi connectivity index (χ4v) is 1.92. The molecular formula is C9H14N6S. The Balaban J connectivity index is 1.79. The number of aryl methyl sites for hydroxylation is 1. The van der Waals surface area contributed by atoms with E-state index < -0.39 is 0 Å². The topological polar surface area (TPSA) is 81.7 Å². The summed E-state index contributed by atoms with van der Waals surface area (Å²) in [6.07, 6.45) is 4.31. The maximum Gasteiger partial charge on any atom is 0.202 e. The van der Waals surface area contributed by atoms with Crippen LogP contribution in [0.1, 0.15) is 12.7 Å². The lowest BCUT2D eigenvalue weighted by Crippen LogP contribution is -2.10. The summed E-state index contributed by atoms with van der Waals surface area (Å²) in [4.78, 5) is 4.31. The molecule has 0 aliphatic rings. The van der Waals surface area contributed by atoms with Crippen LogP contribution in [0.2, 0.25) is 0 Å². The van der Waals surface area contributed by atoms with Gasteiger partial charge < -0.3 is 11.1 Å². The van der Waals surface area contributed by atoms with Crippen LogP contribution in [0.5, 0.6) is 0 Å². The number of anilines is 2. The van der Waals surface area contributed by atoms with Gasteiger partial charge in [-0.15, -0.1) is 0 Å². The minimum atomic E-state index is 0.684. The van der Waals surface area contributed by atoms with Crippen molar-refractivity contribution in [3.8, 4) is 0 Å². The molecule has 0 bridgehead atoms. The van der Waals surface area contributed by atoms with E-state index in [0.717, 1.165) is 30.5 Å². The largest absolute Gasteiger partial charge is 0.396 e. The van der Waals surface area contributed by atoms with Crippen LogP contribution < -0.4 is 11.1 Å². The summed E-state index contributed by atoms with van der Waals surface area (Å²) in [5.41, 5.74) is 6.24. The molecule has 0 unspecified atom stereocenters. The van der Waals surface area contributed by atoms with Crippen LogP contribution in [0, 0.1) is 0 Å². The van der Waals surface area contributed by atoms with Gasteiger partial charge in [0, 0.05) is 30.7 Å². The zero-order valence-corrected chi connectivity index (χ0v) is 9.87. The van der Waals surface area contributed by atoms with Crippen LogP contribution in [0.4, 0.5) is 10.8 Å². The molecule has 2 rings (SSSR count). The van der Waals surface area contributed by atoms with Gasteiger partial charge in [-0.2, -0.15) is 9.47 Å². The molecule has 86 valence electrons. The van der Waals surface area contributed by atoms with Crippen LogP contribution in [-0.4, -0.2) is 25.7 Å². The minimum absolute atomic E-state index is 0.684. The maximum atomic E-state index is 5.56. The van der Waals surface area contributed by atoms with Crippen molar-refractivity contribution < 1.29 is 0 Å². The van der Waals surface area contributed by atoms with E-state index in [2.05, 4.69) is 19.8 Å². The Morgan fingerprint density at radius 3 is 3.06 bits per heavy atom. The molecule has 3 N–H and O–H groups in total. The first-order valence-corrected chi connectivity index (χ1v) is 5.89. The number of nitrogens with zero attached hydrogens (tertiary/aromatic N) is 4. The number of nitrogens with one attached hydrogen (secondary N) is 1. The first kappa shape index (κ1) is 10.9. The van der Waals surface area contributed by atoms with Crippen molar-refractivity contribution in [2.75, 3.05) is 17.6 Å². The van der Waals surface area contributed by atoms with Gasteiger partial charge in [-0.1, -0.05) is 6.92 Å². The van der Waals surface area contributed by atoms with Crippen molar-refractivity contribution in [2.45, 2.75) is 19.9 Å². The molecule has 0 aromatic carbocycles. The zero-order chi connectivity index (χ0) is 11.4. The molecule has 16 heavy (non-hydrogen) atoms. The average Bonchev–Trinajstić information content (AvgIpc) is 2.88. The van der Waals surface area contributed by atoms with Gasteiger partial charge in [-0.25, -0.2) is 4.98 Å². The third-order valence-electron chi connectivity index (χ3n) is 2.05. The standard InChI is InChI=1S/C9H14N6S/c1-2-8-13-9(16-14-8)11-3-4-15-6-7(10)5-12-15/h5-6H,2-4,10H2,1H3,(H,11,13,14). The predicted molar refractivity (Wildman–Crippen MR) is 64.4 cm³/mol. The van der Waals surface area contributed by atoms with E-state index >= 15 is 0 Å². The van der Waals surface area contributed by atoms with Gasteiger partial charge in [-0.05, 0) is 0 Å². The lowest BCUT2D eigenvalue weighted by Gasteiger charge is -2.01. The van der Waals surface area contributed by atoms with Gasteiger partial charge in [0.2, 0.25) is 5.13 Å². The van der Waals surface area contributed by atoms with Gasteiger partial charge in [0.25, 0.3) is 0 Å². The Bertz CT molecular complexity index is 448. The fourth-order valence-electron chi connectivity index (χ4n) is 1.25. The molecule has 0 atom stereocenters. The van der Waals surface area contributed by atoms with E-state index in [1.54, 1.807) is 17.1 Å². The number of rotatable bonds is 5. The highest BCUT2D eigenvalue weighted by atomic mass is 32.1. The van der Waals surface area contributed by atoms with Crippen LogP contribution in [0.15, 0.2) is 12.4 Å². The Labute approximate surface area is 97.7 Å². The molecule has 7 heteroatoms. The van der Waals surface area contributed by atoms with E-state index in [9.17, 15) is 0 Å². The minimum Gasteiger partial charge on any atom is -0.396 e. The maximum absolute atomic E-state index is 5.56. The molecule has 0 spiro atoms. The summed E-state index contributed by atoms with van der Waals surface area (Å²) in [7, 11) is 0.